The third-order valence-electron chi connectivity index (χ3n) is 4.74. The number of para-hydroxylation sites is 1. The van der Waals surface area contributed by atoms with E-state index in [0.29, 0.717) is 40.0 Å². The summed E-state index contributed by atoms with van der Waals surface area (Å²) in [6.07, 6.45) is 2.26. The van der Waals surface area contributed by atoms with Crippen LogP contribution in [-0.2, 0) is 6.61 Å². The van der Waals surface area contributed by atoms with Crippen LogP contribution in [0.4, 0.5) is 5.88 Å². The molecule has 144 valence electrons. The fourth-order valence-electron chi connectivity index (χ4n) is 3.36. The van der Waals surface area contributed by atoms with E-state index in [1.54, 1.807) is 24.3 Å². The summed E-state index contributed by atoms with van der Waals surface area (Å²) < 4.78 is 17.4. The molecule has 0 N–H and O–H groups in total. The van der Waals surface area contributed by atoms with E-state index in [1.165, 1.54) is 6.42 Å². The van der Waals surface area contributed by atoms with Crippen LogP contribution in [0.5, 0.6) is 5.75 Å². The number of aromatic nitrogens is 1. The van der Waals surface area contributed by atoms with Gasteiger partial charge in [0.05, 0.1) is 5.02 Å². The van der Waals surface area contributed by atoms with Gasteiger partial charge < -0.3 is 18.5 Å². The Bertz CT molecular complexity index is 1000. The van der Waals surface area contributed by atoms with Crippen LogP contribution < -0.4 is 9.64 Å². The van der Waals surface area contributed by atoms with Gasteiger partial charge in [0.15, 0.2) is 5.76 Å². The molecular weight excluding hydrogens is 378 g/mol. The van der Waals surface area contributed by atoms with Gasteiger partial charge in [0.25, 0.3) is 5.89 Å². The number of ether oxygens (including phenoxy) is 1. The highest BCUT2D eigenvalue weighted by atomic mass is 35.5. The molecule has 1 saturated heterocycles. The van der Waals surface area contributed by atoms with Crippen LogP contribution in [0.25, 0.3) is 11.7 Å². The van der Waals surface area contributed by atoms with Crippen molar-refractivity contribution in [2.24, 2.45) is 5.92 Å². The zero-order valence-corrected chi connectivity index (χ0v) is 16.3. The second-order valence-electron chi connectivity index (χ2n) is 6.96. The molecule has 0 amide bonds. The second kappa shape index (κ2) is 7.99. The van der Waals surface area contributed by atoms with Gasteiger partial charge in [0.1, 0.15) is 24.2 Å². The number of oxazole rings is 1. The zero-order chi connectivity index (χ0) is 19.5. The molecule has 3 aromatic rings. The Morgan fingerprint density at radius 2 is 2.14 bits per heavy atom. The van der Waals surface area contributed by atoms with Crippen molar-refractivity contribution >= 4 is 17.5 Å². The van der Waals surface area contributed by atoms with Crippen molar-refractivity contribution in [2.45, 2.75) is 26.4 Å². The van der Waals surface area contributed by atoms with Gasteiger partial charge >= 0.3 is 0 Å². The van der Waals surface area contributed by atoms with E-state index in [-0.39, 0.29) is 12.3 Å². The highest BCUT2D eigenvalue weighted by Gasteiger charge is 2.25. The summed E-state index contributed by atoms with van der Waals surface area (Å²) >= 11 is 6.10. The molecule has 1 aliphatic rings. The molecule has 0 aliphatic carbocycles. The van der Waals surface area contributed by atoms with Gasteiger partial charge in [0, 0.05) is 13.1 Å². The topological polar surface area (TPSA) is 75.4 Å². The number of rotatable bonds is 5. The lowest BCUT2D eigenvalue weighted by Gasteiger charge is -2.30. The summed E-state index contributed by atoms with van der Waals surface area (Å²) in [5, 5.41) is 10.00. The Balaban J connectivity index is 1.51. The van der Waals surface area contributed by atoms with Crippen LogP contribution >= 0.6 is 11.6 Å². The van der Waals surface area contributed by atoms with Gasteiger partial charge in [-0.1, -0.05) is 30.7 Å². The molecule has 0 saturated carbocycles. The predicted octanol–water partition coefficient (Wildman–Crippen LogP) is 5.27. The van der Waals surface area contributed by atoms with Crippen molar-refractivity contribution in [3.05, 3.63) is 52.9 Å². The molecular formula is C21H20ClN3O3. The summed E-state index contributed by atoms with van der Waals surface area (Å²) in [7, 11) is 0. The maximum Gasteiger partial charge on any atom is 0.266 e. The summed E-state index contributed by atoms with van der Waals surface area (Å²) in [6.45, 7) is 4.15. The van der Waals surface area contributed by atoms with Crippen LogP contribution in [0.15, 0.2) is 45.2 Å². The van der Waals surface area contributed by atoms with Crippen molar-refractivity contribution in [3.63, 3.8) is 0 Å². The van der Waals surface area contributed by atoms with E-state index >= 15 is 0 Å². The number of hydrogen-bond acceptors (Lipinski definition) is 6. The Kier molecular flexibility index (Phi) is 5.27. The molecule has 0 radical (unpaired) electrons. The number of halogens is 1. The van der Waals surface area contributed by atoms with Crippen LogP contribution in [-0.4, -0.2) is 18.1 Å². The minimum Gasteiger partial charge on any atom is -0.484 e. The quantitative estimate of drug-likeness (QED) is 0.583. The van der Waals surface area contributed by atoms with Crippen molar-refractivity contribution in [1.82, 2.24) is 4.98 Å². The molecule has 2 aromatic heterocycles. The van der Waals surface area contributed by atoms with Gasteiger partial charge in [0.2, 0.25) is 11.6 Å². The average Bonchev–Trinajstić information content (AvgIpc) is 3.34. The van der Waals surface area contributed by atoms with E-state index in [0.717, 1.165) is 19.5 Å². The van der Waals surface area contributed by atoms with Crippen molar-refractivity contribution < 1.29 is 13.6 Å². The molecule has 3 heterocycles. The van der Waals surface area contributed by atoms with Gasteiger partial charge in [-0.2, -0.15) is 10.2 Å². The molecule has 1 atom stereocenters. The Hall–Kier alpha value is -2.91. The Labute approximate surface area is 168 Å². The first kappa shape index (κ1) is 18.5. The lowest BCUT2D eigenvalue weighted by molar-refractivity contribution is 0.271. The van der Waals surface area contributed by atoms with Crippen molar-refractivity contribution in [1.29, 1.82) is 5.26 Å². The van der Waals surface area contributed by atoms with Crippen LogP contribution in [0.3, 0.4) is 0 Å². The fraction of sp³-hybridized carbons (Fsp3) is 0.333. The standard InChI is InChI=1S/C21H20ClN3O3/c1-14-5-4-10-25(12-14)21-17(11-23)24-20(28-21)19-9-8-15(27-19)13-26-18-7-3-2-6-16(18)22/h2-3,6-9,14H,4-5,10,12-13H2,1H3. The van der Waals surface area contributed by atoms with E-state index < -0.39 is 0 Å². The average molecular weight is 398 g/mol. The molecule has 0 spiro atoms. The Morgan fingerprint density at radius 3 is 2.93 bits per heavy atom. The van der Waals surface area contributed by atoms with E-state index in [2.05, 4.69) is 22.9 Å². The minimum atomic E-state index is 0.228. The van der Waals surface area contributed by atoms with Crippen LogP contribution in [0.2, 0.25) is 5.02 Å². The maximum atomic E-state index is 9.45. The molecule has 28 heavy (non-hydrogen) atoms. The summed E-state index contributed by atoms with van der Waals surface area (Å²) in [6, 6.07) is 13.0. The van der Waals surface area contributed by atoms with Crippen LogP contribution in [0.1, 0.15) is 31.2 Å². The molecule has 1 aromatic carbocycles. The summed E-state index contributed by atoms with van der Waals surface area (Å²) in [5.41, 5.74) is 0.286. The molecule has 4 rings (SSSR count). The monoisotopic (exact) mass is 397 g/mol. The number of anilines is 1. The molecule has 1 fully saturated rings. The molecule has 7 heteroatoms. The highest BCUT2D eigenvalue weighted by molar-refractivity contribution is 6.32. The predicted molar refractivity (Wildman–Crippen MR) is 105 cm³/mol. The van der Waals surface area contributed by atoms with E-state index in [1.807, 2.05) is 12.1 Å². The highest BCUT2D eigenvalue weighted by Crippen LogP contribution is 2.32. The second-order valence-corrected chi connectivity index (χ2v) is 7.37. The van der Waals surface area contributed by atoms with Gasteiger partial charge in [-0.3, -0.25) is 0 Å². The number of benzene rings is 1. The lowest BCUT2D eigenvalue weighted by atomic mass is 10.0. The SMILES string of the molecule is CC1CCCN(c2oc(-c3ccc(COc4ccccc4Cl)o3)nc2C#N)C1. The van der Waals surface area contributed by atoms with Crippen molar-refractivity contribution in [3.8, 4) is 23.5 Å². The molecule has 1 aliphatic heterocycles. The summed E-state index contributed by atoms with van der Waals surface area (Å²) in [5.74, 6) is 3.05. The fourth-order valence-corrected chi connectivity index (χ4v) is 3.55. The van der Waals surface area contributed by atoms with Gasteiger partial charge in [-0.25, -0.2) is 0 Å². The number of furan rings is 1. The summed E-state index contributed by atoms with van der Waals surface area (Å²) in [4.78, 5) is 6.41. The van der Waals surface area contributed by atoms with Crippen LogP contribution in [0, 0.1) is 17.2 Å². The first-order valence-electron chi connectivity index (χ1n) is 9.26. The number of hydrogen-bond donors (Lipinski definition) is 0. The number of nitrogens with zero attached hydrogens (tertiary/aromatic N) is 3. The van der Waals surface area contributed by atoms with Crippen molar-refractivity contribution in [2.75, 3.05) is 18.0 Å². The number of nitriles is 1. The largest absolute Gasteiger partial charge is 0.484 e. The van der Waals surface area contributed by atoms with Gasteiger partial charge in [-0.15, -0.1) is 0 Å². The Morgan fingerprint density at radius 1 is 1.29 bits per heavy atom. The zero-order valence-electron chi connectivity index (χ0n) is 15.5. The third kappa shape index (κ3) is 3.85. The number of piperidine rings is 1. The first-order chi connectivity index (χ1) is 13.6. The maximum absolute atomic E-state index is 9.45. The minimum absolute atomic E-state index is 0.228. The third-order valence-corrected chi connectivity index (χ3v) is 5.05. The van der Waals surface area contributed by atoms with E-state index in [4.69, 9.17) is 25.2 Å². The first-order valence-corrected chi connectivity index (χ1v) is 9.64. The van der Waals surface area contributed by atoms with E-state index in [9.17, 15) is 5.26 Å². The van der Waals surface area contributed by atoms with Gasteiger partial charge in [-0.05, 0) is 43.0 Å². The molecule has 6 nitrogen and oxygen atoms in total. The molecule has 0 bridgehead atoms. The lowest BCUT2D eigenvalue weighted by Crippen LogP contribution is -2.34. The normalized spacial score (nSPS) is 16.8. The smallest absolute Gasteiger partial charge is 0.266 e. The molecule has 1 unspecified atom stereocenters.